The van der Waals surface area contributed by atoms with Gasteiger partial charge in [0.15, 0.2) is 5.60 Å². The number of anilines is 1. The summed E-state index contributed by atoms with van der Waals surface area (Å²) in [5.74, 6) is -3.73. The fourth-order valence-electron chi connectivity index (χ4n) is 2.74. The topological polar surface area (TPSA) is 180 Å². The van der Waals surface area contributed by atoms with Crippen LogP contribution in [0.3, 0.4) is 0 Å². The third-order valence-electron chi connectivity index (χ3n) is 4.33. The number of hydrogen-bond acceptors (Lipinski definition) is 10. The monoisotopic (exact) mass is 401 g/mol. The standard InChI is InChI=1S/C16H23N3O9/c1-9(21)27-7-3-4-12(22)17-11-5-6-19(14(24)18-11)16(26)15(2,25)13(23)10(8-20)28-16/h5-6,10,13,20,23,25-26H,3-4,7-8H2,1-2H3,(H,17,18,22,24)/t10-,13-,15-,16-/m1/s1. The molecule has 0 radical (unpaired) electrons. The molecule has 12 nitrogen and oxygen atoms in total. The zero-order chi connectivity index (χ0) is 21.1. The lowest BCUT2D eigenvalue weighted by Crippen LogP contribution is -2.58. The molecule has 1 fully saturated rings. The Morgan fingerprint density at radius 1 is 1.43 bits per heavy atom. The smallest absolute Gasteiger partial charge is 0.353 e. The molecule has 0 aliphatic carbocycles. The van der Waals surface area contributed by atoms with Crippen LogP contribution >= 0.6 is 0 Å². The van der Waals surface area contributed by atoms with Gasteiger partial charge in [0.2, 0.25) is 5.91 Å². The van der Waals surface area contributed by atoms with Gasteiger partial charge in [0.1, 0.15) is 18.0 Å². The number of nitrogens with zero attached hydrogens (tertiary/aromatic N) is 2. The maximum Gasteiger partial charge on any atom is 0.353 e. The lowest BCUT2D eigenvalue weighted by atomic mass is 9.94. The van der Waals surface area contributed by atoms with E-state index in [-0.39, 0.29) is 25.3 Å². The van der Waals surface area contributed by atoms with Gasteiger partial charge >= 0.3 is 11.7 Å². The van der Waals surface area contributed by atoms with E-state index in [1.807, 2.05) is 0 Å². The number of nitrogens with one attached hydrogen (secondary N) is 1. The van der Waals surface area contributed by atoms with Crippen LogP contribution in [0, 0.1) is 0 Å². The fourth-order valence-corrected chi connectivity index (χ4v) is 2.74. The summed E-state index contributed by atoms with van der Waals surface area (Å²) in [5, 5.41) is 42.6. The van der Waals surface area contributed by atoms with Gasteiger partial charge in [-0.05, 0) is 19.4 Å². The predicted molar refractivity (Wildman–Crippen MR) is 91.8 cm³/mol. The molecule has 156 valence electrons. The van der Waals surface area contributed by atoms with Crippen LogP contribution in [-0.4, -0.2) is 72.9 Å². The molecule has 1 aliphatic heterocycles. The molecule has 0 spiro atoms. The molecule has 28 heavy (non-hydrogen) atoms. The van der Waals surface area contributed by atoms with Gasteiger partial charge in [-0.15, -0.1) is 0 Å². The summed E-state index contributed by atoms with van der Waals surface area (Å²) in [7, 11) is 0. The number of hydrogen-bond donors (Lipinski definition) is 5. The van der Waals surface area contributed by atoms with Crippen LogP contribution in [0.1, 0.15) is 26.7 Å². The highest BCUT2D eigenvalue weighted by Gasteiger charge is 2.64. The molecule has 2 heterocycles. The van der Waals surface area contributed by atoms with Crippen molar-refractivity contribution in [1.29, 1.82) is 0 Å². The highest BCUT2D eigenvalue weighted by atomic mass is 16.7. The molecule has 1 amide bonds. The van der Waals surface area contributed by atoms with Crippen LogP contribution in [0.5, 0.6) is 0 Å². The minimum Gasteiger partial charge on any atom is -0.466 e. The Bertz CT molecular complexity index is 794. The Hall–Kier alpha value is -2.38. The van der Waals surface area contributed by atoms with Crippen molar-refractivity contribution in [1.82, 2.24) is 9.55 Å². The number of esters is 1. The fraction of sp³-hybridized carbons (Fsp3) is 0.625. The van der Waals surface area contributed by atoms with E-state index in [0.29, 0.717) is 4.57 Å². The van der Waals surface area contributed by atoms with Crippen molar-refractivity contribution in [3.63, 3.8) is 0 Å². The van der Waals surface area contributed by atoms with Crippen molar-refractivity contribution in [2.24, 2.45) is 0 Å². The second-order valence-electron chi connectivity index (χ2n) is 6.50. The summed E-state index contributed by atoms with van der Waals surface area (Å²) in [6, 6.07) is 1.18. The summed E-state index contributed by atoms with van der Waals surface area (Å²) < 4.78 is 10.3. The molecule has 4 atom stereocenters. The van der Waals surface area contributed by atoms with E-state index >= 15 is 0 Å². The van der Waals surface area contributed by atoms with Crippen molar-refractivity contribution in [3.8, 4) is 0 Å². The van der Waals surface area contributed by atoms with Crippen molar-refractivity contribution < 1.29 is 39.5 Å². The van der Waals surface area contributed by atoms with Gasteiger partial charge in [0.05, 0.1) is 13.2 Å². The van der Waals surface area contributed by atoms with Crippen LogP contribution < -0.4 is 11.0 Å². The first-order valence-electron chi connectivity index (χ1n) is 8.48. The normalized spacial score (nSPS) is 29.5. The number of carbonyl (C=O) groups excluding carboxylic acids is 2. The van der Waals surface area contributed by atoms with E-state index in [4.69, 9.17) is 9.47 Å². The molecule has 0 saturated carbocycles. The highest BCUT2D eigenvalue weighted by molar-refractivity contribution is 5.89. The number of amides is 1. The number of rotatable bonds is 7. The van der Waals surface area contributed by atoms with E-state index in [9.17, 15) is 34.8 Å². The minimum absolute atomic E-state index is 0.0180. The van der Waals surface area contributed by atoms with E-state index in [1.54, 1.807) is 0 Å². The molecule has 1 saturated heterocycles. The Kier molecular flexibility index (Phi) is 6.52. The van der Waals surface area contributed by atoms with Crippen LogP contribution in [0.4, 0.5) is 5.82 Å². The van der Waals surface area contributed by atoms with Crippen LogP contribution in [0.2, 0.25) is 0 Å². The number of carbonyl (C=O) groups is 2. The summed E-state index contributed by atoms with van der Waals surface area (Å²) >= 11 is 0. The zero-order valence-corrected chi connectivity index (χ0v) is 15.4. The van der Waals surface area contributed by atoms with Gasteiger partial charge in [-0.3, -0.25) is 9.59 Å². The van der Waals surface area contributed by atoms with Crippen LogP contribution in [-0.2, 0) is 25.0 Å². The first-order valence-corrected chi connectivity index (χ1v) is 8.48. The van der Waals surface area contributed by atoms with Crippen molar-refractivity contribution in [2.45, 2.75) is 50.4 Å². The zero-order valence-electron chi connectivity index (χ0n) is 15.4. The number of ether oxygens (including phenoxy) is 2. The SMILES string of the molecule is CC(=O)OCCCC(=O)Nc1ccn([C@]2(O)O[C@H](CO)[C@@H](O)[C@@]2(C)O)c(=O)n1. The Morgan fingerprint density at radius 3 is 2.64 bits per heavy atom. The van der Waals surface area contributed by atoms with Crippen LogP contribution in [0.15, 0.2) is 17.1 Å². The lowest BCUT2D eigenvalue weighted by Gasteiger charge is -2.35. The van der Waals surface area contributed by atoms with Gasteiger partial charge in [0.25, 0.3) is 5.91 Å². The third kappa shape index (κ3) is 4.20. The maximum atomic E-state index is 12.3. The van der Waals surface area contributed by atoms with Crippen molar-refractivity contribution in [3.05, 3.63) is 22.7 Å². The number of aromatic nitrogens is 2. The molecule has 1 aliphatic rings. The van der Waals surface area contributed by atoms with Gasteiger partial charge < -0.3 is 35.2 Å². The highest BCUT2D eigenvalue weighted by Crippen LogP contribution is 2.40. The van der Waals surface area contributed by atoms with Gasteiger partial charge in [-0.2, -0.15) is 4.98 Å². The average Bonchev–Trinajstić information content (AvgIpc) is 2.79. The second-order valence-corrected chi connectivity index (χ2v) is 6.50. The van der Waals surface area contributed by atoms with E-state index in [2.05, 4.69) is 10.3 Å². The second kappa shape index (κ2) is 8.32. The first-order chi connectivity index (χ1) is 13.0. The van der Waals surface area contributed by atoms with E-state index in [1.165, 1.54) is 13.0 Å². The Labute approximate surface area is 159 Å². The molecule has 1 aromatic heterocycles. The van der Waals surface area contributed by atoms with Gasteiger partial charge in [-0.1, -0.05) is 0 Å². The summed E-state index contributed by atoms with van der Waals surface area (Å²) in [6.45, 7) is 1.66. The quantitative estimate of drug-likeness (QED) is 0.245. The Balaban J connectivity index is 2.11. The minimum atomic E-state index is -2.68. The summed E-state index contributed by atoms with van der Waals surface area (Å²) in [5.41, 5.74) is -3.40. The molecule has 0 bridgehead atoms. The molecule has 5 N–H and O–H groups in total. The molecule has 12 heteroatoms. The van der Waals surface area contributed by atoms with E-state index < -0.39 is 47.9 Å². The molecule has 1 aromatic rings. The van der Waals surface area contributed by atoms with Gasteiger partial charge in [-0.25, -0.2) is 9.36 Å². The average molecular weight is 401 g/mol. The van der Waals surface area contributed by atoms with Gasteiger partial charge in [0, 0.05) is 19.5 Å². The van der Waals surface area contributed by atoms with Crippen LogP contribution in [0.25, 0.3) is 0 Å². The molecule has 0 unspecified atom stereocenters. The largest absolute Gasteiger partial charge is 0.466 e. The summed E-state index contributed by atoms with van der Waals surface area (Å²) in [4.78, 5) is 38.3. The van der Waals surface area contributed by atoms with Crippen molar-refractivity contribution in [2.75, 3.05) is 18.5 Å². The van der Waals surface area contributed by atoms with Crippen molar-refractivity contribution >= 4 is 17.7 Å². The van der Waals surface area contributed by atoms with E-state index in [0.717, 1.165) is 13.1 Å². The molecule has 2 rings (SSSR count). The third-order valence-corrected chi connectivity index (χ3v) is 4.33. The summed E-state index contributed by atoms with van der Waals surface area (Å²) in [6.07, 6.45) is -1.69. The Morgan fingerprint density at radius 2 is 2.11 bits per heavy atom. The number of aliphatic hydroxyl groups is 4. The predicted octanol–water partition coefficient (Wildman–Crippen LogP) is -2.37. The molecular weight excluding hydrogens is 378 g/mol. The molecule has 0 aromatic carbocycles. The first kappa shape index (κ1) is 21.9. The maximum absolute atomic E-state index is 12.3. The lowest BCUT2D eigenvalue weighted by molar-refractivity contribution is -0.321. The number of aliphatic hydroxyl groups excluding tert-OH is 2. The molecular formula is C16H23N3O9.